The Balaban J connectivity index is 1.57. The van der Waals surface area contributed by atoms with E-state index in [0.717, 1.165) is 0 Å². The van der Waals surface area contributed by atoms with Crippen molar-refractivity contribution in [1.29, 1.82) is 0 Å². The van der Waals surface area contributed by atoms with Gasteiger partial charge in [-0.25, -0.2) is 9.18 Å². The van der Waals surface area contributed by atoms with Crippen LogP contribution in [0.25, 0.3) is 0 Å². The summed E-state index contributed by atoms with van der Waals surface area (Å²) in [6, 6.07) is 13.4. The first kappa shape index (κ1) is 19.2. The molecule has 0 aliphatic carbocycles. The molecule has 0 aliphatic heterocycles. The molecule has 1 heterocycles. The number of hydrogen-bond donors (Lipinski definition) is 2. The highest BCUT2D eigenvalue weighted by atomic mass is 19.1. The number of nitrogens with zero attached hydrogens (tertiary/aromatic N) is 3. The van der Waals surface area contributed by atoms with Gasteiger partial charge in [0.05, 0.1) is 18.4 Å². The van der Waals surface area contributed by atoms with Gasteiger partial charge in [0, 0.05) is 12.2 Å². The van der Waals surface area contributed by atoms with Crippen LogP contribution in [0.4, 0.5) is 21.8 Å². The van der Waals surface area contributed by atoms with Gasteiger partial charge < -0.3 is 15.4 Å². The van der Waals surface area contributed by atoms with E-state index in [4.69, 9.17) is 4.74 Å². The van der Waals surface area contributed by atoms with Crippen molar-refractivity contribution in [3.63, 3.8) is 0 Å². The summed E-state index contributed by atoms with van der Waals surface area (Å²) in [7, 11) is 0. The van der Waals surface area contributed by atoms with Crippen LogP contribution in [0, 0.1) is 5.82 Å². The van der Waals surface area contributed by atoms with Crippen molar-refractivity contribution in [3.05, 3.63) is 71.7 Å². The Hall–Kier alpha value is -3.55. The Labute approximate surface area is 162 Å². The van der Waals surface area contributed by atoms with Crippen molar-refractivity contribution in [2.24, 2.45) is 0 Å². The van der Waals surface area contributed by atoms with Crippen molar-refractivity contribution < 1.29 is 13.9 Å². The minimum absolute atomic E-state index is 0.223. The summed E-state index contributed by atoms with van der Waals surface area (Å²) in [4.78, 5) is 16.0. The summed E-state index contributed by atoms with van der Waals surface area (Å²) in [5.74, 6) is 0.239. The number of ether oxygens (including phenoxy) is 1. The van der Waals surface area contributed by atoms with Gasteiger partial charge in [0.15, 0.2) is 5.82 Å². The Morgan fingerprint density at radius 3 is 2.68 bits per heavy atom. The predicted molar refractivity (Wildman–Crippen MR) is 104 cm³/mol. The smallest absolute Gasteiger partial charge is 0.338 e. The molecule has 0 radical (unpaired) electrons. The second-order valence-corrected chi connectivity index (χ2v) is 5.86. The SMILES string of the molecule is CCOC(=O)c1ccc(Nc2nncc(NCCc3ccccc3F)n2)cc1. The topological polar surface area (TPSA) is 89.0 Å². The van der Waals surface area contributed by atoms with Crippen molar-refractivity contribution in [2.75, 3.05) is 23.8 Å². The highest BCUT2D eigenvalue weighted by molar-refractivity contribution is 5.89. The van der Waals surface area contributed by atoms with Crippen molar-refractivity contribution >= 4 is 23.4 Å². The predicted octanol–water partition coefficient (Wildman–Crippen LogP) is 3.59. The van der Waals surface area contributed by atoms with E-state index in [0.29, 0.717) is 48.2 Å². The number of benzene rings is 2. The second kappa shape index (κ2) is 9.40. The molecule has 0 amide bonds. The standard InChI is InChI=1S/C20H20FN5O2/c1-2-28-19(27)15-7-9-16(10-8-15)24-20-25-18(13-23-26-20)22-12-11-14-5-3-4-6-17(14)21/h3-10,13H,2,11-12H2,1H3,(H2,22,24,25,26). The van der Waals surface area contributed by atoms with E-state index in [2.05, 4.69) is 25.8 Å². The summed E-state index contributed by atoms with van der Waals surface area (Å²) < 4.78 is 18.6. The molecule has 0 spiro atoms. The molecule has 144 valence electrons. The fraction of sp³-hybridized carbons (Fsp3) is 0.200. The lowest BCUT2D eigenvalue weighted by Gasteiger charge is -2.08. The van der Waals surface area contributed by atoms with Gasteiger partial charge >= 0.3 is 5.97 Å². The lowest BCUT2D eigenvalue weighted by atomic mass is 10.1. The number of carbonyl (C=O) groups excluding carboxylic acids is 1. The lowest BCUT2D eigenvalue weighted by molar-refractivity contribution is 0.0526. The Bertz CT molecular complexity index is 934. The largest absolute Gasteiger partial charge is 0.462 e. The molecule has 0 saturated carbocycles. The normalized spacial score (nSPS) is 10.4. The van der Waals surface area contributed by atoms with E-state index < -0.39 is 0 Å². The van der Waals surface area contributed by atoms with E-state index in [1.54, 1.807) is 49.4 Å². The van der Waals surface area contributed by atoms with Gasteiger partial charge in [-0.3, -0.25) is 0 Å². The number of aromatic nitrogens is 3. The summed E-state index contributed by atoms with van der Waals surface area (Å²) in [6.07, 6.45) is 2.02. The molecule has 0 aliphatic rings. The number of esters is 1. The molecule has 0 saturated heterocycles. The van der Waals surface area contributed by atoms with Gasteiger partial charge in [-0.2, -0.15) is 10.1 Å². The maximum atomic E-state index is 13.6. The van der Waals surface area contributed by atoms with Crippen LogP contribution < -0.4 is 10.6 Å². The zero-order chi connectivity index (χ0) is 19.8. The number of anilines is 3. The van der Waals surface area contributed by atoms with Gasteiger partial charge in [0.25, 0.3) is 0 Å². The Morgan fingerprint density at radius 1 is 1.14 bits per heavy atom. The maximum absolute atomic E-state index is 13.6. The fourth-order valence-corrected chi connectivity index (χ4v) is 2.50. The molecule has 8 heteroatoms. The van der Waals surface area contributed by atoms with Gasteiger partial charge in [-0.15, -0.1) is 5.10 Å². The number of hydrogen-bond acceptors (Lipinski definition) is 7. The van der Waals surface area contributed by atoms with Crippen LogP contribution in [0.1, 0.15) is 22.8 Å². The third-order valence-electron chi connectivity index (χ3n) is 3.87. The van der Waals surface area contributed by atoms with E-state index >= 15 is 0 Å². The minimum atomic E-state index is -0.368. The number of nitrogens with one attached hydrogen (secondary N) is 2. The Morgan fingerprint density at radius 2 is 1.93 bits per heavy atom. The molecule has 0 atom stereocenters. The van der Waals surface area contributed by atoms with Gasteiger partial charge in [0.2, 0.25) is 5.95 Å². The van der Waals surface area contributed by atoms with Crippen LogP contribution in [0.5, 0.6) is 0 Å². The van der Waals surface area contributed by atoms with E-state index in [1.807, 2.05) is 0 Å². The van der Waals surface area contributed by atoms with Crippen LogP contribution in [0.3, 0.4) is 0 Å². The van der Waals surface area contributed by atoms with Crippen molar-refractivity contribution in [3.8, 4) is 0 Å². The molecular formula is C20H20FN5O2. The average Bonchev–Trinajstić information content (AvgIpc) is 2.70. The van der Waals surface area contributed by atoms with Crippen LogP contribution in [0.15, 0.2) is 54.7 Å². The molecule has 28 heavy (non-hydrogen) atoms. The van der Waals surface area contributed by atoms with Gasteiger partial charge in [-0.05, 0) is 49.2 Å². The lowest BCUT2D eigenvalue weighted by Crippen LogP contribution is -2.09. The molecule has 2 aromatic carbocycles. The summed E-state index contributed by atoms with van der Waals surface area (Å²) in [6.45, 7) is 2.60. The average molecular weight is 381 g/mol. The molecule has 7 nitrogen and oxygen atoms in total. The molecule has 3 rings (SSSR count). The fourth-order valence-electron chi connectivity index (χ4n) is 2.50. The summed E-state index contributed by atoms with van der Waals surface area (Å²) in [5.41, 5.74) is 1.81. The van der Waals surface area contributed by atoms with Crippen molar-refractivity contribution in [1.82, 2.24) is 15.2 Å². The van der Waals surface area contributed by atoms with Crippen LogP contribution in [-0.4, -0.2) is 34.3 Å². The van der Waals surface area contributed by atoms with Gasteiger partial charge in [-0.1, -0.05) is 18.2 Å². The molecule has 1 aromatic heterocycles. The third-order valence-corrected chi connectivity index (χ3v) is 3.87. The first-order valence-corrected chi connectivity index (χ1v) is 8.87. The zero-order valence-corrected chi connectivity index (χ0v) is 15.4. The molecule has 2 N–H and O–H groups in total. The number of carbonyl (C=O) groups is 1. The maximum Gasteiger partial charge on any atom is 0.338 e. The monoisotopic (exact) mass is 381 g/mol. The van der Waals surface area contributed by atoms with Gasteiger partial charge in [0.1, 0.15) is 5.82 Å². The van der Waals surface area contributed by atoms with Crippen LogP contribution in [-0.2, 0) is 11.2 Å². The van der Waals surface area contributed by atoms with Crippen LogP contribution >= 0.6 is 0 Å². The van der Waals surface area contributed by atoms with E-state index in [-0.39, 0.29) is 11.8 Å². The number of rotatable bonds is 8. The molecule has 3 aromatic rings. The Kier molecular flexibility index (Phi) is 6.46. The second-order valence-electron chi connectivity index (χ2n) is 5.86. The summed E-state index contributed by atoms with van der Waals surface area (Å²) >= 11 is 0. The molecule has 0 unspecified atom stereocenters. The first-order valence-electron chi connectivity index (χ1n) is 8.87. The van der Waals surface area contributed by atoms with E-state index in [9.17, 15) is 9.18 Å². The zero-order valence-electron chi connectivity index (χ0n) is 15.4. The van der Waals surface area contributed by atoms with Crippen LogP contribution in [0.2, 0.25) is 0 Å². The third kappa shape index (κ3) is 5.23. The molecule has 0 bridgehead atoms. The highest BCUT2D eigenvalue weighted by Gasteiger charge is 2.07. The summed E-state index contributed by atoms with van der Waals surface area (Å²) in [5, 5.41) is 14.0. The highest BCUT2D eigenvalue weighted by Crippen LogP contribution is 2.15. The minimum Gasteiger partial charge on any atom is -0.462 e. The number of halogens is 1. The van der Waals surface area contributed by atoms with E-state index in [1.165, 1.54) is 12.3 Å². The quantitative estimate of drug-likeness (QED) is 0.577. The van der Waals surface area contributed by atoms with Crippen molar-refractivity contribution in [2.45, 2.75) is 13.3 Å². The first-order chi connectivity index (χ1) is 13.7. The molecular weight excluding hydrogens is 361 g/mol. The molecule has 0 fully saturated rings.